The molecule has 0 bridgehead atoms. The van der Waals surface area contributed by atoms with Crippen LogP contribution >= 0.6 is 39.0 Å². The van der Waals surface area contributed by atoms with Crippen molar-refractivity contribution in [2.75, 3.05) is 18.6 Å². The first-order valence-corrected chi connectivity index (χ1v) is 11.2. The summed E-state index contributed by atoms with van der Waals surface area (Å²) in [6, 6.07) is 15.7. The second kappa shape index (κ2) is 9.39. The Morgan fingerprint density at radius 3 is 2.85 bits per heavy atom. The molecule has 1 amide bonds. The Morgan fingerprint density at radius 1 is 1.27 bits per heavy atom. The summed E-state index contributed by atoms with van der Waals surface area (Å²) in [5.74, 6) is 1.58. The van der Waals surface area contributed by atoms with Crippen LogP contribution in [0.4, 0.5) is 0 Å². The van der Waals surface area contributed by atoms with E-state index in [0.29, 0.717) is 6.61 Å². The van der Waals surface area contributed by atoms with Gasteiger partial charge in [-0.2, -0.15) is 16.8 Å². The quantitative estimate of drug-likeness (QED) is 0.522. The average Bonchev–Trinajstić information content (AvgIpc) is 2.96. The molecule has 136 valence electrons. The minimum atomic E-state index is -0.163. The van der Waals surface area contributed by atoms with Gasteiger partial charge in [-0.1, -0.05) is 45.5 Å². The van der Waals surface area contributed by atoms with Crippen LogP contribution in [0, 0.1) is 0 Å². The molecular weight excluding hydrogens is 432 g/mol. The summed E-state index contributed by atoms with van der Waals surface area (Å²) in [6.45, 7) is 1.16. The monoisotopic (exact) mass is 450 g/mol. The maximum atomic E-state index is 12.3. The number of nitrogens with zero attached hydrogens (tertiary/aromatic N) is 2. The van der Waals surface area contributed by atoms with E-state index in [0.717, 1.165) is 37.5 Å². The molecule has 0 N–H and O–H groups in total. The van der Waals surface area contributed by atoms with E-state index in [9.17, 15) is 4.79 Å². The van der Waals surface area contributed by atoms with E-state index in [1.807, 2.05) is 36.4 Å². The fraction of sp³-hybridized carbons (Fsp3) is 0.263. The molecule has 0 atom stereocenters. The number of thiazole rings is 1. The summed E-state index contributed by atoms with van der Waals surface area (Å²) in [7, 11) is 0. The van der Waals surface area contributed by atoms with Gasteiger partial charge in [0.2, 0.25) is 0 Å². The number of para-hydroxylation sites is 1. The number of carbonyl (C=O) groups excluding carboxylic acids is 1. The number of aryl methyl sites for hydroxylation is 1. The van der Waals surface area contributed by atoms with Crippen molar-refractivity contribution < 1.29 is 9.53 Å². The number of carbonyl (C=O) groups is 1. The molecule has 7 heteroatoms. The van der Waals surface area contributed by atoms with Gasteiger partial charge in [0.25, 0.3) is 5.91 Å². The van der Waals surface area contributed by atoms with E-state index in [-0.39, 0.29) is 12.3 Å². The largest absolute Gasteiger partial charge is 0.493 e. The van der Waals surface area contributed by atoms with E-state index in [1.165, 1.54) is 0 Å². The SMILES string of the molecule is CSCCn1c(=NC(=O)CCOc2ccccc2)sc2cc(Br)ccc21. The summed E-state index contributed by atoms with van der Waals surface area (Å²) in [5.41, 5.74) is 1.11. The summed E-state index contributed by atoms with van der Waals surface area (Å²) in [4.78, 5) is 17.4. The molecule has 2 aromatic carbocycles. The van der Waals surface area contributed by atoms with Crippen LogP contribution in [0.15, 0.2) is 58.0 Å². The fourth-order valence-electron chi connectivity index (χ4n) is 2.47. The van der Waals surface area contributed by atoms with Crippen LogP contribution in [-0.2, 0) is 11.3 Å². The lowest BCUT2D eigenvalue weighted by Crippen LogP contribution is -2.18. The molecular formula is C19H19BrN2O2S2. The first-order chi connectivity index (χ1) is 12.7. The third kappa shape index (κ3) is 4.99. The van der Waals surface area contributed by atoms with Crippen molar-refractivity contribution in [2.45, 2.75) is 13.0 Å². The topological polar surface area (TPSA) is 43.6 Å². The lowest BCUT2D eigenvalue weighted by molar-refractivity contribution is -0.118. The number of rotatable bonds is 7. The lowest BCUT2D eigenvalue weighted by Gasteiger charge is -2.04. The van der Waals surface area contributed by atoms with E-state index < -0.39 is 0 Å². The van der Waals surface area contributed by atoms with Gasteiger partial charge in [0.05, 0.1) is 23.2 Å². The van der Waals surface area contributed by atoms with Crippen molar-refractivity contribution in [3.05, 3.63) is 57.8 Å². The minimum absolute atomic E-state index is 0.163. The molecule has 0 aliphatic heterocycles. The Morgan fingerprint density at radius 2 is 2.08 bits per heavy atom. The Kier molecular flexibility index (Phi) is 6.93. The van der Waals surface area contributed by atoms with Gasteiger partial charge < -0.3 is 9.30 Å². The van der Waals surface area contributed by atoms with Crippen LogP contribution in [0.3, 0.4) is 0 Å². The van der Waals surface area contributed by atoms with Crippen LogP contribution in [0.25, 0.3) is 10.2 Å². The fourth-order valence-corrected chi connectivity index (χ4v) is 4.46. The van der Waals surface area contributed by atoms with Crippen LogP contribution in [0.2, 0.25) is 0 Å². The molecule has 0 unspecified atom stereocenters. The lowest BCUT2D eigenvalue weighted by atomic mass is 10.3. The highest BCUT2D eigenvalue weighted by Crippen LogP contribution is 2.22. The molecule has 0 aliphatic carbocycles. The highest BCUT2D eigenvalue weighted by molar-refractivity contribution is 9.10. The molecule has 0 saturated heterocycles. The average molecular weight is 451 g/mol. The Balaban J connectivity index is 1.77. The molecule has 4 nitrogen and oxygen atoms in total. The van der Waals surface area contributed by atoms with Crippen molar-refractivity contribution in [1.29, 1.82) is 0 Å². The number of halogens is 1. The van der Waals surface area contributed by atoms with Gasteiger partial charge in [0.15, 0.2) is 4.80 Å². The number of ether oxygens (including phenoxy) is 1. The molecule has 3 rings (SSSR count). The summed E-state index contributed by atoms with van der Waals surface area (Å²) < 4.78 is 9.86. The molecule has 0 spiro atoms. The predicted molar refractivity (Wildman–Crippen MR) is 113 cm³/mol. The van der Waals surface area contributed by atoms with Gasteiger partial charge in [-0.05, 0) is 36.6 Å². The maximum absolute atomic E-state index is 12.3. The van der Waals surface area contributed by atoms with Gasteiger partial charge in [0, 0.05) is 16.8 Å². The number of fused-ring (bicyclic) bond motifs is 1. The zero-order valence-corrected chi connectivity index (χ0v) is 17.6. The smallest absolute Gasteiger partial charge is 0.251 e. The van der Waals surface area contributed by atoms with Gasteiger partial charge >= 0.3 is 0 Å². The van der Waals surface area contributed by atoms with Gasteiger partial charge in [-0.3, -0.25) is 4.79 Å². The van der Waals surface area contributed by atoms with Crippen molar-refractivity contribution in [1.82, 2.24) is 4.57 Å². The van der Waals surface area contributed by atoms with E-state index in [1.54, 1.807) is 23.1 Å². The Bertz CT molecular complexity index is 951. The van der Waals surface area contributed by atoms with Crippen molar-refractivity contribution in [3.63, 3.8) is 0 Å². The number of hydrogen-bond acceptors (Lipinski definition) is 4. The molecule has 0 aliphatic rings. The summed E-state index contributed by atoms with van der Waals surface area (Å²) in [6.07, 6.45) is 2.34. The molecule has 0 saturated carbocycles. The van der Waals surface area contributed by atoms with E-state index >= 15 is 0 Å². The first kappa shape index (κ1) is 19.2. The number of amides is 1. The second-order valence-corrected chi connectivity index (χ2v) is 8.47. The standard InChI is InChI=1S/C19H19BrN2O2S2/c1-25-12-10-22-16-8-7-14(20)13-17(16)26-19(22)21-18(23)9-11-24-15-5-3-2-4-6-15/h2-8,13H,9-12H2,1H3. The predicted octanol–water partition coefficient (Wildman–Crippen LogP) is 4.72. The zero-order chi connectivity index (χ0) is 18.4. The van der Waals surface area contributed by atoms with Gasteiger partial charge in [0.1, 0.15) is 5.75 Å². The number of benzene rings is 2. The van der Waals surface area contributed by atoms with Crippen molar-refractivity contribution in [3.8, 4) is 5.75 Å². The highest BCUT2D eigenvalue weighted by atomic mass is 79.9. The summed E-state index contributed by atoms with van der Waals surface area (Å²) >= 11 is 6.83. The third-order valence-electron chi connectivity index (χ3n) is 3.71. The molecule has 26 heavy (non-hydrogen) atoms. The molecule has 1 aromatic heterocycles. The number of thioether (sulfide) groups is 1. The maximum Gasteiger partial charge on any atom is 0.251 e. The van der Waals surface area contributed by atoms with Gasteiger partial charge in [-0.25, -0.2) is 0 Å². The van der Waals surface area contributed by atoms with Crippen LogP contribution in [0.5, 0.6) is 5.75 Å². The van der Waals surface area contributed by atoms with Crippen LogP contribution in [-0.4, -0.2) is 29.1 Å². The zero-order valence-electron chi connectivity index (χ0n) is 14.4. The Hall–Kier alpha value is -1.57. The summed E-state index contributed by atoms with van der Waals surface area (Å²) in [5, 5.41) is 0. The second-order valence-electron chi connectivity index (χ2n) is 5.56. The molecule has 3 aromatic rings. The van der Waals surface area contributed by atoms with Crippen molar-refractivity contribution in [2.24, 2.45) is 4.99 Å². The van der Waals surface area contributed by atoms with Gasteiger partial charge in [-0.15, -0.1) is 0 Å². The highest BCUT2D eigenvalue weighted by Gasteiger charge is 2.08. The number of aromatic nitrogens is 1. The minimum Gasteiger partial charge on any atom is -0.493 e. The molecule has 0 radical (unpaired) electrons. The van der Waals surface area contributed by atoms with E-state index in [2.05, 4.69) is 43.9 Å². The van der Waals surface area contributed by atoms with E-state index in [4.69, 9.17) is 4.74 Å². The molecule has 0 fully saturated rings. The third-order valence-corrected chi connectivity index (χ3v) is 5.84. The van der Waals surface area contributed by atoms with Crippen LogP contribution < -0.4 is 9.54 Å². The normalized spacial score (nSPS) is 11.8. The first-order valence-electron chi connectivity index (χ1n) is 8.20. The Labute approximate surface area is 169 Å². The van der Waals surface area contributed by atoms with Crippen molar-refractivity contribution >= 4 is 55.2 Å². The number of hydrogen-bond donors (Lipinski definition) is 0. The molecule has 1 heterocycles. The van der Waals surface area contributed by atoms with Crippen LogP contribution in [0.1, 0.15) is 6.42 Å².